The van der Waals surface area contributed by atoms with Gasteiger partial charge in [-0.05, 0) is 188 Å². The van der Waals surface area contributed by atoms with Gasteiger partial charge in [-0.2, -0.15) is 5.26 Å². The molecule has 0 unspecified atom stereocenters. The van der Waals surface area contributed by atoms with Crippen molar-refractivity contribution in [3.05, 3.63) is 281 Å². The van der Waals surface area contributed by atoms with Gasteiger partial charge in [0.1, 0.15) is 23.3 Å². The van der Waals surface area contributed by atoms with E-state index in [2.05, 4.69) is 105 Å². The van der Waals surface area contributed by atoms with Crippen LogP contribution >= 0.6 is 46.4 Å². The number of amides is 1. The molecule has 6 heterocycles. The van der Waals surface area contributed by atoms with Gasteiger partial charge in [0, 0.05) is 186 Å². The van der Waals surface area contributed by atoms with Crippen LogP contribution in [-0.4, -0.2) is 157 Å². The van der Waals surface area contributed by atoms with Crippen molar-refractivity contribution in [3.63, 3.8) is 0 Å². The van der Waals surface area contributed by atoms with Crippen LogP contribution in [0.1, 0.15) is 126 Å². The predicted molar refractivity (Wildman–Crippen MR) is 472 cm³/mol. The quantitative estimate of drug-likeness (QED) is 0.0322. The number of aromatic nitrogens is 4. The summed E-state index contributed by atoms with van der Waals surface area (Å²) in [5.41, 5.74) is 32.5. The number of carbonyl (C=O) groups is 3. The molecule has 2 aliphatic heterocycles. The maximum atomic E-state index is 12.6. The number of fused-ring (bicyclic) bond motifs is 4. The molecule has 18 nitrogen and oxygen atoms in total. The van der Waals surface area contributed by atoms with Gasteiger partial charge in [-0.15, -0.1) is 0 Å². The third kappa shape index (κ3) is 24.8. The fourth-order valence-electron chi connectivity index (χ4n) is 12.8. The third-order valence-corrected chi connectivity index (χ3v) is 20.4. The molecule has 4 aromatic heterocycles. The van der Waals surface area contributed by atoms with Crippen molar-refractivity contribution in [3.8, 4) is 53.4 Å². The third-order valence-electron chi connectivity index (χ3n) is 19.4. The lowest BCUT2D eigenvalue weighted by Gasteiger charge is -2.32. The van der Waals surface area contributed by atoms with Crippen LogP contribution in [0, 0.1) is 58.7 Å². The highest BCUT2D eigenvalue weighted by Crippen LogP contribution is 2.30. The number of pyridine rings is 4. The summed E-state index contributed by atoms with van der Waals surface area (Å²) >= 11 is 24.5. The molecule has 0 aliphatic carbocycles. The molecule has 2 saturated heterocycles. The van der Waals surface area contributed by atoms with E-state index in [0.717, 1.165) is 181 Å². The highest BCUT2D eigenvalue weighted by atomic mass is 35.5. The molecular formula is C94H88Cl4N14O4. The second-order valence-corrected chi connectivity index (χ2v) is 29.9. The molecular weight excluding hydrogens is 1530 g/mol. The summed E-state index contributed by atoms with van der Waals surface area (Å²) < 4.78 is 5.36. The second-order valence-electron chi connectivity index (χ2n) is 28.2. The van der Waals surface area contributed by atoms with Crippen molar-refractivity contribution in [1.29, 1.82) is 5.26 Å². The number of benzene rings is 8. The topological polar surface area (TPSA) is 265 Å². The zero-order valence-electron chi connectivity index (χ0n) is 64.9. The van der Waals surface area contributed by atoms with E-state index in [0.29, 0.717) is 96.1 Å². The Morgan fingerprint density at radius 2 is 0.793 bits per heavy atom. The smallest absolute Gasteiger partial charge is 0.251 e. The van der Waals surface area contributed by atoms with Gasteiger partial charge >= 0.3 is 0 Å². The first-order valence-electron chi connectivity index (χ1n) is 38.1. The molecule has 12 aromatic rings. The van der Waals surface area contributed by atoms with Crippen molar-refractivity contribution in [1.82, 2.24) is 44.9 Å². The number of nitriles is 1. The number of nitrogens with zero attached hydrogens (tertiary/aromatic N) is 9. The maximum absolute atomic E-state index is 12.6. The number of piperazine rings is 1. The normalized spacial score (nSPS) is 12.6. The van der Waals surface area contributed by atoms with Crippen LogP contribution in [0.15, 0.2) is 195 Å². The molecule has 116 heavy (non-hydrogen) atoms. The fraction of sp³-hybridized carbons (Fsp3) is 0.234. The van der Waals surface area contributed by atoms with Crippen LogP contribution < -0.4 is 28.3 Å². The van der Waals surface area contributed by atoms with Crippen molar-refractivity contribution in [2.75, 3.05) is 123 Å². The maximum Gasteiger partial charge on any atom is 0.251 e. The van der Waals surface area contributed by atoms with Crippen molar-refractivity contribution >= 4 is 130 Å². The molecule has 0 radical (unpaired) electrons. The second kappa shape index (κ2) is 42.5. The van der Waals surface area contributed by atoms with Gasteiger partial charge in [-0.25, -0.2) is 19.9 Å². The summed E-state index contributed by atoms with van der Waals surface area (Å²) in [4.78, 5) is 63.6. The number of ether oxygens (including phenoxy) is 1. The van der Waals surface area contributed by atoms with E-state index >= 15 is 0 Å². The Morgan fingerprint density at radius 1 is 0.431 bits per heavy atom. The van der Waals surface area contributed by atoms with Crippen LogP contribution in [0.2, 0.25) is 20.1 Å². The number of hydrogen-bond donors (Lipinski definition) is 5. The fourth-order valence-corrected chi connectivity index (χ4v) is 13.5. The summed E-state index contributed by atoms with van der Waals surface area (Å²) in [6.07, 6.45) is 12.8. The van der Waals surface area contributed by atoms with Crippen LogP contribution in [0.5, 0.6) is 0 Å². The van der Waals surface area contributed by atoms with Crippen LogP contribution in [-0.2, 0) is 4.74 Å². The SMILES string of the molecule is CN(C)CCCNC(=O)c1cccc(C#Cc2c(N)ncc3ccc(Cl)cc23)c1.CN1CCN(CCCCC(=O)c2ccc(C#Cc3c(N)ncc4ccc(Cl)cc34)cc2)CC1.N#Cc1ccc(C#Cc2c(N)ncc3ccc(Cl)cc23)cc1.Nc1ncc2ccc(Cl)cc2c1C#Cc1ccc(C(=O)CCCCN2CCOCC2)cc1. The first-order valence-corrected chi connectivity index (χ1v) is 39.7. The van der Waals surface area contributed by atoms with E-state index in [-0.39, 0.29) is 17.5 Å². The number of nitrogens with one attached hydrogen (secondary N) is 1. The van der Waals surface area contributed by atoms with E-state index in [1.54, 1.807) is 73.3 Å². The van der Waals surface area contributed by atoms with E-state index < -0.39 is 0 Å². The van der Waals surface area contributed by atoms with Crippen LogP contribution in [0.25, 0.3) is 43.1 Å². The number of Topliss-reactive ketones (excluding diaryl/α,β-unsaturated/α-hetero) is 2. The highest BCUT2D eigenvalue weighted by molar-refractivity contribution is 6.32. The molecule has 2 fully saturated rings. The Bertz CT molecular complexity index is 5820. The van der Waals surface area contributed by atoms with Crippen LogP contribution in [0.3, 0.4) is 0 Å². The largest absolute Gasteiger partial charge is 0.383 e. The zero-order chi connectivity index (χ0) is 81.9. The van der Waals surface area contributed by atoms with Gasteiger partial charge in [-0.3, -0.25) is 19.3 Å². The van der Waals surface area contributed by atoms with Gasteiger partial charge in [0.25, 0.3) is 5.91 Å². The lowest BCUT2D eigenvalue weighted by molar-refractivity contribution is 0.0371. The summed E-state index contributed by atoms with van der Waals surface area (Å²) in [5, 5.41) is 21.4. The standard InChI is InChI=1S/C27H29ClN4O.C26H26ClN3O2.C23H23ClN4O.C18H10ClN3/c1-31-14-16-32(17-15-31)13-3-2-4-26(33)21-8-5-20(6-9-21)7-12-24-25-18-23(28)11-10-22(25)19-30-27(24)29;27-22-10-9-21-18-29-26(28)23(24(21)17-22)11-6-19-4-7-20(8-5-19)25(31)3-1-2-12-30-13-15-32-16-14-30;1-28(2)12-4-11-26-23(29)17-6-3-5-16(13-17)7-10-20-21-14-19(24)9-8-18(21)15-27-22(20)25;19-15-7-6-14-11-22-18(21)16(17(14)9-15)8-5-12-1-3-13(10-20)4-2-12/h5-6,8-11,18-19H,2-4,13-17H2,1H3,(H2,29,30);4-5,7-10,17-18H,1-3,12-16H2,(H2,28,29);3,5-6,8-9,13-15H,4,11-12H2,1-2H3,(H2,25,27)(H,26,29);1-4,6-7,9,11H,(H2,21,22). The predicted octanol–water partition coefficient (Wildman–Crippen LogP) is 16.3. The number of nitrogen functional groups attached to an aromatic ring is 4. The Labute approximate surface area is 697 Å². The molecule has 22 heteroatoms. The first-order chi connectivity index (χ1) is 56.2. The number of anilines is 4. The Kier molecular flexibility index (Phi) is 31.1. The monoisotopic (exact) mass is 1620 g/mol. The molecule has 8 aromatic carbocycles. The minimum atomic E-state index is -0.106. The van der Waals surface area contributed by atoms with Gasteiger partial charge in [0.05, 0.1) is 47.1 Å². The highest BCUT2D eigenvalue weighted by Gasteiger charge is 2.17. The van der Waals surface area contributed by atoms with Gasteiger partial charge in [-0.1, -0.05) is 148 Å². The number of ketones is 2. The summed E-state index contributed by atoms with van der Waals surface area (Å²) in [6, 6.07) is 53.4. The number of carbonyl (C=O) groups excluding carboxylic acids is 3. The molecule has 586 valence electrons. The first kappa shape index (κ1) is 85.0. The van der Waals surface area contributed by atoms with E-state index in [9.17, 15) is 14.4 Å². The molecule has 2 aliphatic rings. The lowest BCUT2D eigenvalue weighted by atomic mass is 10.0. The number of halogens is 4. The number of hydrogen-bond acceptors (Lipinski definition) is 17. The van der Waals surface area contributed by atoms with Gasteiger partial charge < -0.3 is 47.7 Å². The van der Waals surface area contributed by atoms with Gasteiger partial charge in [0.15, 0.2) is 11.6 Å². The minimum Gasteiger partial charge on any atom is -0.383 e. The van der Waals surface area contributed by atoms with Crippen molar-refractivity contribution in [2.24, 2.45) is 0 Å². The number of unbranched alkanes of at least 4 members (excludes halogenated alkanes) is 2. The Balaban J connectivity index is 0.000000154. The molecule has 0 saturated carbocycles. The molecule has 0 spiro atoms. The zero-order valence-corrected chi connectivity index (χ0v) is 67.9. The molecule has 0 bridgehead atoms. The summed E-state index contributed by atoms with van der Waals surface area (Å²) in [6.45, 7) is 11.8. The molecule has 1 amide bonds. The van der Waals surface area contributed by atoms with Crippen molar-refractivity contribution in [2.45, 2.75) is 44.9 Å². The number of rotatable bonds is 17. The Morgan fingerprint density at radius 3 is 1.17 bits per heavy atom. The summed E-state index contributed by atoms with van der Waals surface area (Å²) in [5.74, 6) is 26.5. The van der Waals surface area contributed by atoms with E-state index in [1.807, 2.05) is 135 Å². The van der Waals surface area contributed by atoms with Crippen LogP contribution in [0.4, 0.5) is 23.3 Å². The number of nitrogens with two attached hydrogens (primary N) is 4. The molecule has 0 atom stereocenters. The summed E-state index contributed by atoms with van der Waals surface area (Å²) in [7, 11) is 6.19. The average molecular weight is 1620 g/mol. The van der Waals surface area contributed by atoms with E-state index in [1.165, 1.54) is 0 Å². The average Bonchev–Trinajstić information content (AvgIpc) is 0.815. The lowest BCUT2D eigenvalue weighted by Crippen LogP contribution is -2.44. The Hall–Kier alpha value is -11.9. The number of morpholine rings is 1. The van der Waals surface area contributed by atoms with Crippen molar-refractivity contribution < 1.29 is 19.1 Å². The molecule has 9 N–H and O–H groups in total. The minimum absolute atomic E-state index is 0.106. The van der Waals surface area contributed by atoms with E-state index in [4.69, 9.17) is 79.3 Å². The molecule has 14 rings (SSSR count). The van der Waals surface area contributed by atoms with Gasteiger partial charge in [0.2, 0.25) is 0 Å². The number of likely N-dealkylation sites (N-methyl/N-ethyl adjacent to an activating group) is 1.